The Hall–Kier alpha value is -2.62. The van der Waals surface area contributed by atoms with Gasteiger partial charge in [-0.05, 0) is 18.1 Å². The van der Waals surface area contributed by atoms with Crippen molar-refractivity contribution in [1.82, 2.24) is 0 Å². The van der Waals surface area contributed by atoms with Crippen LogP contribution >= 0.6 is 0 Å². The highest BCUT2D eigenvalue weighted by Gasteiger charge is 2.49. The summed E-state index contributed by atoms with van der Waals surface area (Å²) in [6.45, 7) is 1.56. The van der Waals surface area contributed by atoms with Gasteiger partial charge in [-0.2, -0.15) is 0 Å². The van der Waals surface area contributed by atoms with E-state index in [9.17, 15) is 14.7 Å². The van der Waals surface area contributed by atoms with Crippen LogP contribution in [0, 0.1) is 0 Å². The molecule has 1 N–H and O–H groups in total. The summed E-state index contributed by atoms with van der Waals surface area (Å²) in [5, 5.41) is 10.0. The number of benzene rings is 2. The number of methoxy groups -OCH3 is 1. The van der Waals surface area contributed by atoms with Gasteiger partial charge in [0.05, 0.1) is 26.2 Å². The fourth-order valence-corrected chi connectivity index (χ4v) is 3.75. The van der Waals surface area contributed by atoms with Gasteiger partial charge >= 0.3 is 5.97 Å². The van der Waals surface area contributed by atoms with E-state index in [2.05, 4.69) is 0 Å². The van der Waals surface area contributed by atoms with Crippen LogP contribution in [0.25, 0.3) is 0 Å². The average molecular weight is 473 g/mol. The molecule has 1 aliphatic rings. The Morgan fingerprint density at radius 3 is 1.91 bits per heavy atom. The number of carbonyl (C=O) groups is 2. The second-order valence-corrected chi connectivity index (χ2v) is 8.14. The van der Waals surface area contributed by atoms with Gasteiger partial charge in [0.25, 0.3) is 0 Å². The molecule has 2 aromatic carbocycles. The predicted molar refractivity (Wildman–Crippen MR) is 123 cm³/mol. The van der Waals surface area contributed by atoms with Crippen molar-refractivity contribution >= 4 is 11.8 Å². The van der Waals surface area contributed by atoms with Crippen molar-refractivity contribution in [1.29, 1.82) is 0 Å². The number of hydrogen-bond donors (Lipinski definition) is 1. The molecule has 0 spiro atoms. The maximum atomic E-state index is 12.5. The number of hydrogen-bond acceptors (Lipinski definition) is 8. The summed E-state index contributed by atoms with van der Waals surface area (Å²) in [4.78, 5) is 23.8. The number of aliphatic hydroxyl groups excluding tert-OH is 1. The largest absolute Gasteiger partial charge is 0.454 e. The molecule has 8 nitrogen and oxygen atoms in total. The second kappa shape index (κ2) is 13.3. The molecule has 8 heteroatoms. The third kappa shape index (κ3) is 7.44. The fourth-order valence-electron chi connectivity index (χ4n) is 3.75. The number of ether oxygens (including phenoxy) is 5. The first-order chi connectivity index (χ1) is 16.5. The highest BCUT2D eigenvalue weighted by molar-refractivity contribution is 5.81. The van der Waals surface area contributed by atoms with Gasteiger partial charge in [0.15, 0.2) is 12.4 Å². The molecule has 0 unspecified atom stereocenters. The summed E-state index contributed by atoms with van der Waals surface area (Å²) < 4.78 is 29.4. The summed E-state index contributed by atoms with van der Waals surface area (Å²) in [5.74, 6) is -0.676. The number of Topliss-reactive ketones (excluding diaryl/α,β-unsaturated/α-hetero) is 1. The second-order valence-electron chi connectivity index (χ2n) is 8.14. The third-order valence-electron chi connectivity index (χ3n) is 5.52. The quantitative estimate of drug-likeness (QED) is 0.471. The van der Waals surface area contributed by atoms with Gasteiger partial charge in [-0.15, -0.1) is 0 Å². The number of esters is 1. The van der Waals surface area contributed by atoms with Gasteiger partial charge in [0.2, 0.25) is 0 Å². The molecule has 0 radical (unpaired) electrons. The van der Waals surface area contributed by atoms with Crippen LogP contribution in [0.15, 0.2) is 60.7 Å². The summed E-state index contributed by atoms with van der Waals surface area (Å²) in [6.07, 6.45) is -4.22. The fraction of sp³-hybridized carbons (Fsp3) is 0.462. The molecular weight excluding hydrogens is 440 g/mol. The number of ketones is 1. The molecule has 3 rings (SSSR count). The van der Waals surface area contributed by atoms with Gasteiger partial charge in [0, 0.05) is 13.5 Å². The van der Waals surface area contributed by atoms with Crippen molar-refractivity contribution in [3.8, 4) is 0 Å². The average Bonchev–Trinajstić information content (AvgIpc) is 2.86. The number of aliphatic hydroxyl groups is 1. The monoisotopic (exact) mass is 472 g/mol. The first-order valence-corrected chi connectivity index (χ1v) is 11.3. The van der Waals surface area contributed by atoms with Crippen molar-refractivity contribution in [3.05, 3.63) is 71.8 Å². The van der Waals surface area contributed by atoms with Gasteiger partial charge in [-0.3, -0.25) is 4.79 Å². The van der Waals surface area contributed by atoms with Crippen LogP contribution in [0.2, 0.25) is 0 Å². The molecular formula is C26H32O8. The molecule has 0 aromatic heterocycles. The lowest BCUT2D eigenvalue weighted by Gasteiger charge is -2.44. The normalized spacial score (nSPS) is 24.5. The molecule has 184 valence electrons. The zero-order chi connectivity index (χ0) is 24.3. The summed E-state index contributed by atoms with van der Waals surface area (Å²) >= 11 is 0. The van der Waals surface area contributed by atoms with Crippen LogP contribution in [0.1, 0.15) is 30.9 Å². The third-order valence-corrected chi connectivity index (χ3v) is 5.52. The Kier molecular flexibility index (Phi) is 10.2. The van der Waals surface area contributed by atoms with E-state index in [1.807, 2.05) is 60.7 Å². The van der Waals surface area contributed by atoms with Crippen LogP contribution in [-0.2, 0) is 46.5 Å². The lowest BCUT2D eigenvalue weighted by molar-refractivity contribution is -0.314. The molecule has 1 heterocycles. The Morgan fingerprint density at radius 2 is 1.41 bits per heavy atom. The zero-order valence-corrected chi connectivity index (χ0v) is 19.5. The van der Waals surface area contributed by atoms with E-state index in [-0.39, 0.29) is 38.4 Å². The summed E-state index contributed by atoms with van der Waals surface area (Å²) in [7, 11) is 1.43. The van der Waals surface area contributed by atoms with E-state index in [0.717, 1.165) is 11.1 Å². The summed E-state index contributed by atoms with van der Waals surface area (Å²) in [6, 6.07) is 19.1. The minimum absolute atomic E-state index is 0.0629. The molecule has 1 aliphatic heterocycles. The Morgan fingerprint density at radius 1 is 0.853 bits per heavy atom. The first-order valence-electron chi connectivity index (χ1n) is 11.3. The van der Waals surface area contributed by atoms with E-state index < -0.39 is 36.7 Å². The Bertz CT molecular complexity index is 888. The SMILES string of the molecule is CO[C@H]1O[C@H](CO)[C@@H](OCc2ccccc2)[C@H](OCc2ccccc2)[C@@H]1OC(=O)CCC(C)=O. The topological polar surface area (TPSA) is 101 Å². The minimum atomic E-state index is -0.976. The van der Waals surface area contributed by atoms with Crippen molar-refractivity contribution in [3.63, 3.8) is 0 Å². The van der Waals surface area contributed by atoms with Gasteiger partial charge in [-0.1, -0.05) is 60.7 Å². The molecule has 0 bridgehead atoms. The molecule has 1 fully saturated rings. The molecule has 0 amide bonds. The van der Waals surface area contributed by atoms with E-state index >= 15 is 0 Å². The maximum absolute atomic E-state index is 12.5. The van der Waals surface area contributed by atoms with E-state index in [1.165, 1.54) is 14.0 Å². The highest BCUT2D eigenvalue weighted by atomic mass is 16.7. The number of rotatable bonds is 12. The predicted octanol–water partition coefficient (Wildman–Crippen LogP) is 2.80. The first kappa shape index (κ1) is 26.0. The Labute approximate surface area is 199 Å². The lowest BCUT2D eigenvalue weighted by Crippen LogP contribution is -2.61. The Balaban J connectivity index is 1.83. The van der Waals surface area contributed by atoms with Crippen LogP contribution in [-0.4, -0.2) is 61.3 Å². The maximum Gasteiger partial charge on any atom is 0.306 e. The molecule has 1 saturated heterocycles. The van der Waals surface area contributed by atoms with Gasteiger partial charge in [-0.25, -0.2) is 0 Å². The zero-order valence-electron chi connectivity index (χ0n) is 19.5. The molecule has 34 heavy (non-hydrogen) atoms. The molecule has 0 aliphatic carbocycles. The highest BCUT2D eigenvalue weighted by Crippen LogP contribution is 2.30. The van der Waals surface area contributed by atoms with Crippen molar-refractivity contribution in [2.75, 3.05) is 13.7 Å². The van der Waals surface area contributed by atoms with E-state index in [0.29, 0.717) is 0 Å². The van der Waals surface area contributed by atoms with E-state index in [4.69, 9.17) is 23.7 Å². The van der Waals surface area contributed by atoms with Crippen LogP contribution in [0.4, 0.5) is 0 Å². The van der Waals surface area contributed by atoms with E-state index in [1.54, 1.807) is 0 Å². The lowest BCUT2D eigenvalue weighted by atomic mass is 9.98. The van der Waals surface area contributed by atoms with Crippen molar-refractivity contribution in [2.45, 2.75) is 63.7 Å². The van der Waals surface area contributed by atoms with Crippen LogP contribution in [0.5, 0.6) is 0 Å². The van der Waals surface area contributed by atoms with Gasteiger partial charge < -0.3 is 33.6 Å². The molecule has 5 atom stereocenters. The smallest absolute Gasteiger partial charge is 0.306 e. The minimum Gasteiger partial charge on any atom is -0.454 e. The van der Waals surface area contributed by atoms with Crippen molar-refractivity contribution < 1.29 is 38.4 Å². The molecule has 0 saturated carbocycles. The summed E-state index contributed by atoms with van der Waals surface area (Å²) in [5.41, 5.74) is 1.86. The molecule has 2 aromatic rings. The van der Waals surface area contributed by atoms with Gasteiger partial charge in [0.1, 0.15) is 24.1 Å². The van der Waals surface area contributed by atoms with Crippen LogP contribution in [0.3, 0.4) is 0 Å². The number of carbonyl (C=O) groups excluding carboxylic acids is 2. The standard InChI is InChI=1S/C26H32O8/c1-18(28)13-14-22(29)34-25-24(32-17-20-11-7-4-8-12-20)23(21(15-27)33-26(25)30-2)31-16-19-9-5-3-6-10-19/h3-12,21,23-27H,13-17H2,1-2H3/t21-,23-,24+,25+,26+/m1/s1. The van der Waals surface area contributed by atoms with Crippen LogP contribution < -0.4 is 0 Å². The van der Waals surface area contributed by atoms with Crippen molar-refractivity contribution in [2.24, 2.45) is 0 Å².